The lowest BCUT2D eigenvalue weighted by atomic mass is 10.0. The van der Waals surface area contributed by atoms with Crippen LogP contribution in [0.2, 0.25) is 0 Å². The van der Waals surface area contributed by atoms with E-state index in [9.17, 15) is 25.1 Å². The number of ketones is 1. The van der Waals surface area contributed by atoms with E-state index in [4.69, 9.17) is 4.74 Å². The zero-order chi connectivity index (χ0) is 15.9. The van der Waals surface area contributed by atoms with E-state index in [0.29, 0.717) is 31.7 Å². The second kappa shape index (κ2) is 6.69. The van der Waals surface area contributed by atoms with Crippen LogP contribution < -0.4 is 0 Å². The molecule has 126 valence electrons. The highest BCUT2D eigenvalue weighted by atomic mass is 35.5. The van der Waals surface area contributed by atoms with E-state index in [1.165, 1.54) is 6.07 Å². The molecule has 0 amide bonds. The van der Waals surface area contributed by atoms with Crippen molar-refractivity contribution < 1.29 is 24.7 Å². The molecule has 0 radical (unpaired) electrons. The van der Waals surface area contributed by atoms with E-state index < -0.39 is 28.0 Å². The Kier molecular flexibility index (Phi) is 5.08. The van der Waals surface area contributed by atoms with Crippen LogP contribution in [0.3, 0.4) is 0 Å². The van der Waals surface area contributed by atoms with Gasteiger partial charge in [-0.25, -0.2) is 0 Å². The van der Waals surface area contributed by atoms with E-state index in [-0.39, 0.29) is 23.8 Å². The Bertz CT molecular complexity index is 645. The summed E-state index contributed by atoms with van der Waals surface area (Å²) in [6.07, 6.45) is 0.334. The number of phenolic OH excluding ortho intramolecular Hbond substituents is 2. The molecule has 1 fully saturated rings. The molecule has 9 heteroatoms. The number of hydrogen-bond acceptors (Lipinski definition) is 7. The average Bonchev–Trinajstić information content (AvgIpc) is 2.77. The monoisotopic (exact) mass is 344 g/mol. The number of aromatic hydroxyl groups is 2. The van der Waals surface area contributed by atoms with E-state index in [1.807, 2.05) is 0 Å². The van der Waals surface area contributed by atoms with Crippen LogP contribution in [0, 0.1) is 16.0 Å². The van der Waals surface area contributed by atoms with Crippen molar-refractivity contribution in [2.24, 2.45) is 5.92 Å². The molecule has 0 bridgehead atoms. The van der Waals surface area contributed by atoms with Gasteiger partial charge in [0.25, 0.3) is 0 Å². The van der Waals surface area contributed by atoms with Gasteiger partial charge in [0.1, 0.15) is 5.56 Å². The normalized spacial score (nSPS) is 20.9. The van der Waals surface area contributed by atoms with Gasteiger partial charge in [-0.2, -0.15) is 0 Å². The lowest BCUT2D eigenvalue weighted by Crippen LogP contribution is -2.40. The number of fused-ring (bicyclic) bond motifs is 1. The fourth-order valence-electron chi connectivity index (χ4n) is 3.12. The van der Waals surface area contributed by atoms with Crippen molar-refractivity contribution in [1.82, 2.24) is 4.90 Å². The minimum atomic E-state index is -0.843. The summed E-state index contributed by atoms with van der Waals surface area (Å²) in [7, 11) is 0. The number of Topliss-reactive ketones (excluding diaryl/α,β-unsaturated/α-hetero) is 1. The molecule has 1 aliphatic heterocycles. The van der Waals surface area contributed by atoms with Crippen molar-refractivity contribution in [2.75, 3.05) is 32.8 Å². The first kappa shape index (κ1) is 17.5. The van der Waals surface area contributed by atoms with Gasteiger partial charge in [-0.1, -0.05) is 0 Å². The maximum Gasteiger partial charge on any atom is 0.325 e. The molecule has 1 aliphatic carbocycles. The maximum atomic E-state index is 12.5. The summed E-state index contributed by atoms with van der Waals surface area (Å²) in [5.74, 6) is -2.15. The molecular formula is C14H17ClN2O6. The summed E-state index contributed by atoms with van der Waals surface area (Å²) in [6.45, 7) is 3.15. The summed E-state index contributed by atoms with van der Waals surface area (Å²) >= 11 is 0. The molecule has 1 saturated heterocycles. The molecule has 1 heterocycles. The number of halogens is 1. The molecule has 1 unspecified atom stereocenters. The Labute approximate surface area is 138 Å². The highest BCUT2D eigenvalue weighted by molar-refractivity contribution is 6.07. The summed E-state index contributed by atoms with van der Waals surface area (Å²) in [5.41, 5.74) is -0.340. The first-order valence-electron chi connectivity index (χ1n) is 7.05. The van der Waals surface area contributed by atoms with Crippen LogP contribution in [0.15, 0.2) is 6.07 Å². The van der Waals surface area contributed by atoms with E-state index in [2.05, 4.69) is 4.90 Å². The van der Waals surface area contributed by atoms with Gasteiger partial charge in [-0.3, -0.25) is 19.8 Å². The molecule has 1 aromatic rings. The second-order valence-corrected chi connectivity index (χ2v) is 5.56. The predicted octanol–water partition coefficient (Wildman–Crippen LogP) is 1.12. The number of morpholine rings is 1. The molecule has 0 saturated carbocycles. The van der Waals surface area contributed by atoms with Gasteiger partial charge in [0.2, 0.25) is 5.75 Å². The molecule has 3 rings (SSSR count). The number of nitrogens with zero attached hydrogens (tertiary/aromatic N) is 2. The van der Waals surface area contributed by atoms with Crippen molar-refractivity contribution >= 4 is 23.9 Å². The van der Waals surface area contributed by atoms with Crippen molar-refractivity contribution in [3.63, 3.8) is 0 Å². The fraction of sp³-hybridized carbons (Fsp3) is 0.500. The molecule has 1 aromatic carbocycles. The van der Waals surface area contributed by atoms with E-state index in [1.54, 1.807) is 0 Å². The van der Waals surface area contributed by atoms with Gasteiger partial charge in [0, 0.05) is 25.6 Å². The standard InChI is InChI=1S/C14H16N2O6.ClH/c17-10-6-8-5-9(7-15-1-3-22-4-2-15)13(18)11(8)12(14(10)19)16(20)21;/h6,9,17,19H,1-5,7H2;1H. The minimum absolute atomic E-state index is 0. The molecule has 0 aromatic heterocycles. The lowest BCUT2D eigenvalue weighted by molar-refractivity contribution is -0.386. The van der Waals surface area contributed by atoms with Crippen LogP contribution in [0.5, 0.6) is 11.5 Å². The molecule has 2 aliphatic rings. The van der Waals surface area contributed by atoms with Crippen LogP contribution >= 0.6 is 12.4 Å². The van der Waals surface area contributed by atoms with Crippen LogP contribution in [0.1, 0.15) is 15.9 Å². The van der Waals surface area contributed by atoms with Crippen LogP contribution in [0.25, 0.3) is 0 Å². The third-order valence-electron chi connectivity index (χ3n) is 4.18. The third-order valence-corrected chi connectivity index (χ3v) is 4.18. The van der Waals surface area contributed by atoms with Crippen LogP contribution in [-0.2, 0) is 11.2 Å². The number of carbonyl (C=O) groups excluding carboxylic acids is 1. The Morgan fingerprint density at radius 2 is 2.00 bits per heavy atom. The largest absolute Gasteiger partial charge is 0.504 e. The van der Waals surface area contributed by atoms with Gasteiger partial charge in [0.15, 0.2) is 11.5 Å². The quantitative estimate of drug-likeness (QED) is 0.479. The third kappa shape index (κ3) is 3.10. The zero-order valence-corrected chi connectivity index (χ0v) is 13.0. The number of carbonyl (C=O) groups is 1. The smallest absolute Gasteiger partial charge is 0.325 e. The fourth-order valence-corrected chi connectivity index (χ4v) is 3.12. The molecule has 23 heavy (non-hydrogen) atoms. The summed E-state index contributed by atoms with van der Waals surface area (Å²) < 4.78 is 5.25. The zero-order valence-electron chi connectivity index (χ0n) is 12.2. The van der Waals surface area contributed by atoms with Gasteiger partial charge in [0.05, 0.1) is 18.1 Å². The molecule has 8 nitrogen and oxygen atoms in total. The number of benzene rings is 1. The maximum absolute atomic E-state index is 12.5. The summed E-state index contributed by atoms with van der Waals surface area (Å²) in [4.78, 5) is 24.9. The number of rotatable bonds is 3. The first-order chi connectivity index (χ1) is 10.5. The summed E-state index contributed by atoms with van der Waals surface area (Å²) in [5, 5.41) is 30.4. The summed E-state index contributed by atoms with van der Waals surface area (Å²) in [6, 6.07) is 1.24. The number of nitro benzene ring substituents is 1. The predicted molar refractivity (Wildman–Crippen MR) is 82.5 cm³/mol. The van der Waals surface area contributed by atoms with Crippen molar-refractivity contribution in [2.45, 2.75) is 6.42 Å². The average molecular weight is 345 g/mol. The lowest BCUT2D eigenvalue weighted by Gasteiger charge is -2.28. The van der Waals surface area contributed by atoms with Crippen LogP contribution in [-0.4, -0.2) is 58.7 Å². The second-order valence-electron chi connectivity index (χ2n) is 5.56. The molecule has 1 atom stereocenters. The highest BCUT2D eigenvalue weighted by Crippen LogP contribution is 2.44. The Hall–Kier alpha value is -1.90. The number of nitro groups is 1. The number of ether oxygens (including phenoxy) is 1. The molecule has 2 N–H and O–H groups in total. The van der Waals surface area contributed by atoms with E-state index in [0.717, 1.165) is 13.1 Å². The highest BCUT2D eigenvalue weighted by Gasteiger charge is 2.40. The van der Waals surface area contributed by atoms with Gasteiger partial charge in [-0.15, -0.1) is 12.4 Å². The number of hydrogen-bond donors (Lipinski definition) is 2. The minimum Gasteiger partial charge on any atom is -0.504 e. The Morgan fingerprint density at radius 3 is 2.61 bits per heavy atom. The molecule has 0 spiro atoms. The van der Waals surface area contributed by atoms with E-state index >= 15 is 0 Å². The first-order valence-corrected chi connectivity index (χ1v) is 7.05. The van der Waals surface area contributed by atoms with Gasteiger partial charge >= 0.3 is 5.69 Å². The molecular weight excluding hydrogens is 328 g/mol. The number of phenols is 2. The van der Waals surface area contributed by atoms with Gasteiger partial charge < -0.3 is 14.9 Å². The topological polar surface area (TPSA) is 113 Å². The van der Waals surface area contributed by atoms with Crippen LogP contribution in [0.4, 0.5) is 5.69 Å². The Morgan fingerprint density at radius 1 is 1.35 bits per heavy atom. The van der Waals surface area contributed by atoms with Crippen molar-refractivity contribution in [1.29, 1.82) is 0 Å². The Balaban J connectivity index is 0.00000192. The van der Waals surface area contributed by atoms with Crippen molar-refractivity contribution in [3.05, 3.63) is 27.3 Å². The van der Waals surface area contributed by atoms with Gasteiger partial charge in [-0.05, 0) is 18.1 Å². The van der Waals surface area contributed by atoms with Crippen molar-refractivity contribution in [3.8, 4) is 11.5 Å². The SMILES string of the molecule is Cl.O=C1c2c(cc(O)c(O)c2[N+](=O)[O-])CC1CN1CCOCC1.